The van der Waals surface area contributed by atoms with Gasteiger partial charge >= 0.3 is 10.2 Å². The summed E-state index contributed by atoms with van der Waals surface area (Å²) in [4.78, 5) is 0. The van der Waals surface area contributed by atoms with Gasteiger partial charge in [0.25, 0.3) is 0 Å². The van der Waals surface area contributed by atoms with E-state index in [0.717, 1.165) is 28.7 Å². The molecule has 0 radical (unpaired) electrons. The average Bonchev–Trinajstić information content (AvgIpc) is 3.15. The van der Waals surface area contributed by atoms with E-state index in [1.54, 1.807) is 0 Å². The van der Waals surface area contributed by atoms with Crippen molar-refractivity contribution in [3.8, 4) is 0 Å². The van der Waals surface area contributed by atoms with E-state index < -0.39 is 10.2 Å². The number of rotatable bonds is 4. The number of halogens is 1. The second-order valence-corrected chi connectivity index (χ2v) is 6.57. The summed E-state index contributed by atoms with van der Waals surface area (Å²) in [6.45, 7) is 2.90. The first kappa shape index (κ1) is 13.4. The van der Waals surface area contributed by atoms with Crippen molar-refractivity contribution in [3.05, 3.63) is 40.9 Å². The normalized spacial score (nSPS) is 16.3. The number of fused-ring (bicyclic) bond motifs is 1. The maximum absolute atomic E-state index is 12.7. The van der Waals surface area contributed by atoms with Crippen molar-refractivity contribution >= 4 is 27.2 Å². The summed E-state index contributed by atoms with van der Waals surface area (Å²) < 4.78 is 36.3. The molecular formula is C15H16FNO2S. The highest BCUT2D eigenvalue weighted by molar-refractivity contribution is 7.89. The summed E-state index contributed by atoms with van der Waals surface area (Å²) in [7, 11) is -4.60. The standard InChI is InChI=1S/C15H16FNO2S/c1-11-13(8-9-20(16,18)19)14-4-2-3-5-15(14)17(11)10-12-6-7-12/h2-5,8-9,12H,6-7,10H2,1H3/b9-8+. The maximum Gasteiger partial charge on any atom is 0.325 e. The Bertz CT molecular complexity index is 786. The molecule has 3 nitrogen and oxygen atoms in total. The molecule has 0 bridgehead atoms. The lowest BCUT2D eigenvalue weighted by Crippen LogP contribution is -2.01. The zero-order chi connectivity index (χ0) is 14.3. The Labute approximate surface area is 117 Å². The second kappa shape index (κ2) is 4.74. The molecule has 106 valence electrons. The fourth-order valence-electron chi connectivity index (χ4n) is 2.61. The highest BCUT2D eigenvalue weighted by Crippen LogP contribution is 2.35. The first-order valence-corrected chi connectivity index (χ1v) is 8.11. The van der Waals surface area contributed by atoms with Crippen LogP contribution < -0.4 is 0 Å². The third kappa shape index (κ3) is 2.63. The molecule has 1 saturated carbocycles. The van der Waals surface area contributed by atoms with E-state index in [1.165, 1.54) is 18.9 Å². The van der Waals surface area contributed by atoms with Crippen LogP contribution in [0.1, 0.15) is 24.1 Å². The molecular weight excluding hydrogens is 277 g/mol. The van der Waals surface area contributed by atoms with Crippen molar-refractivity contribution in [2.45, 2.75) is 26.3 Å². The Morgan fingerprint density at radius 3 is 2.70 bits per heavy atom. The molecule has 2 aromatic rings. The van der Waals surface area contributed by atoms with Crippen molar-refractivity contribution in [1.82, 2.24) is 4.57 Å². The zero-order valence-electron chi connectivity index (χ0n) is 11.2. The molecule has 0 amide bonds. The fraction of sp³-hybridized carbons (Fsp3) is 0.333. The van der Waals surface area contributed by atoms with Crippen LogP contribution >= 0.6 is 0 Å². The highest BCUT2D eigenvalue weighted by Gasteiger charge is 2.24. The lowest BCUT2D eigenvalue weighted by atomic mass is 10.1. The number of para-hydroxylation sites is 1. The SMILES string of the molecule is Cc1c(/C=C/S(=O)(=O)F)c2ccccc2n1CC1CC1. The van der Waals surface area contributed by atoms with E-state index in [9.17, 15) is 12.3 Å². The van der Waals surface area contributed by atoms with E-state index in [-0.39, 0.29) is 0 Å². The van der Waals surface area contributed by atoms with Crippen molar-refractivity contribution in [1.29, 1.82) is 0 Å². The molecule has 1 aromatic heterocycles. The van der Waals surface area contributed by atoms with Crippen LogP contribution in [0, 0.1) is 12.8 Å². The number of benzene rings is 1. The Morgan fingerprint density at radius 2 is 2.05 bits per heavy atom. The lowest BCUT2D eigenvalue weighted by Gasteiger charge is -2.06. The van der Waals surface area contributed by atoms with E-state index >= 15 is 0 Å². The molecule has 0 unspecified atom stereocenters. The van der Waals surface area contributed by atoms with Crippen LogP contribution in [0.15, 0.2) is 29.7 Å². The van der Waals surface area contributed by atoms with Crippen molar-refractivity contribution in [3.63, 3.8) is 0 Å². The second-order valence-electron chi connectivity index (χ2n) is 5.35. The minimum atomic E-state index is -4.60. The first-order valence-electron chi connectivity index (χ1n) is 6.66. The largest absolute Gasteiger partial charge is 0.344 e. The Kier molecular flexibility index (Phi) is 3.17. The Morgan fingerprint density at radius 1 is 1.35 bits per heavy atom. The molecule has 0 atom stereocenters. The zero-order valence-corrected chi connectivity index (χ0v) is 12.0. The van der Waals surface area contributed by atoms with Gasteiger partial charge in [0.1, 0.15) is 0 Å². The molecule has 1 fully saturated rings. The molecule has 0 aliphatic heterocycles. The van der Waals surface area contributed by atoms with Gasteiger partial charge in [-0.05, 0) is 37.8 Å². The molecule has 3 rings (SSSR count). The van der Waals surface area contributed by atoms with Gasteiger partial charge in [0.15, 0.2) is 0 Å². The number of hydrogen-bond acceptors (Lipinski definition) is 2. The van der Waals surface area contributed by atoms with Crippen LogP contribution in [0.4, 0.5) is 3.89 Å². The van der Waals surface area contributed by atoms with Gasteiger partial charge in [-0.2, -0.15) is 8.42 Å². The van der Waals surface area contributed by atoms with Gasteiger partial charge in [-0.1, -0.05) is 18.2 Å². The van der Waals surface area contributed by atoms with Gasteiger partial charge in [-0.25, -0.2) is 0 Å². The topological polar surface area (TPSA) is 39.1 Å². The van der Waals surface area contributed by atoms with Crippen LogP contribution in [-0.2, 0) is 16.8 Å². The molecule has 1 heterocycles. The van der Waals surface area contributed by atoms with E-state index in [0.29, 0.717) is 11.3 Å². The molecule has 1 aliphatic carbocycles. The molecule has 0 saturated heterocycles. The summed E-state index contributed by atoms with van der Waals surface area (Å²) >= 11 is 0. The minimum Gasteiger partial charge on any atom is -0.344 e. The Balaban J connectivity index is 2.15. The van der Waals surface area contributed by atoms with Gasteiger partial charge < -0.3 is 4.57 Å². The summed E-state index contributed by atoms with van der Waals surface area (Å²) in [5.74, 6) is 0.714. The summed E-state index contributed by atoms with van der Waals surface area (Å²) in [6, 6.07) is 7.83. The third-order valence-corrected chi connectivity index (χ3v) is 4.28. The van der Waals surface area contributed by atoms with Crippen molar-refractivity contribution in [2.75, 3.05) is 0 Å². The van der Waals surface area contributed by atoms with Crippen molar-refractivity contribution < 1.29 is 12.3 Å². The molecule has 1 aromatic carbocycles. The van der Waals surface area contributed by atoms with Crippen LogP contribution in [0.25, 0.3) is 17.0 Å². The molecule has 5 heteroatoms. The van der Waals surface area contributed by atoms with Gasteiger partial charge in [-0.3, -0.25) is 0 Å². The smallest absolute Gasteiger partial charge is 0.325 e. The van der Waals surface area contributed by atoms with Crippen LogP contribution in [-0.4, -0.2) is 13.0 Å². The number of nitrogens with zero attached hydrogens (tertiary/aromatic N) is 1. The summed E-state index contributed by atoms with van der Waals surface area (Å²) in [5, 5.41) is 1.59. The summed E-state index contributed by atoms with van der Waals surface area (Å²) in [6.07, 6.45) is 3.85. The fourth-order valence-corrected chi connectivity index (χ4v) is 2.91. The van der Waals surface area contributed by atoms with Gasteiger partial charge in [0, 0.05) is 28.7 Å². The molecule has 1 aliphatic rings. The third-order valence-electron chi connectivity index (χ3n) is 3.81. The predicted octanol–water partition coefficient (Wildman–Crippen LogP) is 3.63. The number of aromatic nitrogens is 1. The quantitative estimate of drug-likeness (QED) is 0.807. The van der Waals surface area contributed by atoms with E-state index in [2.05, 4.69) is 4.57 Å². The molecule has 0 N–H and O–H groups in total. The van der Waals surface area contributed by atoms with E-state index in [1.807, 2.05) is 31.2 Å². The van der Waals surface area contributed by atoms with Crippen molar-refractivity contribution in [2.24, 2.45) is 5.92 Å². The van der Waals surface area contributed by atoms with Crippen LogP contribution in [0.5, 0.6) is 0 Å². The molecule has 0 spiro atoms. The predicted molar refractivity (Wildman–Crippen MR) is 78.5 cm³/mol. The first-order chi connectivity index (χ1) is 9.46. The van der Waals surface area contributed by atoms with Crippen LogP contribution in [0.2, 0.25) is 0 Å². The lowest BCUT2D eigenvalue weighted by molar-refractivity contribution is 0.563. The highest BCUT2D eigenvalue weighted by atomic mass is 32.3. The molecule has 20 heavy (non-hydrogen) atoms. The van der Waals surface area contributed by atoms with Crippen LogP contribution in [0.3, 0.4) is 0 Å². The van der Waals surface area contributed by atoms with E-state index in [4.69, 9.17) is 0 Å². The van der Waals surface area contributed by atoms with Gasteiger partial charge in [0.2, 0.25) is 0 Å². The van der Waals surface area contributed by atoms with Gasteiger partial charge in [-0.15, -0.1) is 3.89 Å². The average molecular weight is 293 g/mol. The monoisotopic (exact) mass is 293 g/mol. The number of hydrogen-bond donors (Lipinski definition) is 0. The Hall–Kier alpha value is -1.62. The summed E-state index contributed by atoms with van der Waals surface area (Å²) in [5.41, 5.74) is 2.84. The van der Waals surface area contributed by atoms with Gasteiger partial charge in [0.05, 0.1) is 5.41 Å². The minimum absolute atomic E-state index is 0.628. The maximum atomic E-state index is 12.7.